The number of likely N-dealkylation sites (tertiary alicyclic amines) is 1. The molecule has 1 aromatic carbocycles. The number of aryl methyl sites for hydroxylation is 1. The molecule has 1 aliphatic heterocycles. The molecule has 162 valence electrons. The van der Waals surface area contributed by atoms with Crippen LogP contribution >= 0.6 is 0 Å². The van der Waals surface area contributed by atoms with Crippen molar-refractivity contribution in [2.45, 2.75) is 51.6 Å². The monoisotopic (exact) mass is 419 g/mol. The lowest BCUT2D eigenvalue weighted by Crippen LogP contribution is -2.44. The SMILES string of the molecule is CCn1ccc(C(=O)NC2CC23CCN(C(=O)C2Cc4ccccc4C2)CC3)cc1=O. The van der Waals surface area contributed by atoms with E-state index >= 15 is 0 Å². The van der Waals surface area contributed by atoms with Crippen LogP contribution in [-0.4, -0.2) is 40.4 Å². The molecular weight excluding hydrogens is 390 g/mol. The van der Waals surface area contributed by atoms with E-state index in [1.165, 1.54) is 17.2 Å². The zero-order valence-corrected chi connectivity index (χ0v) is 18.0. The minimum atomic E-state index is -0.176. The summed E-state index contributed by atoms with van der Waals surface area (Å²) in [5.74, 6) is 0.180. The molecule has 2 aromatic rings. The number of piperidine rings is 1. The molecule has 0 radical (unpaired) electrons. The van der Waals surface area contributed by atoms with Crippen molar-refractivity contribution >= 4 is 11.8 Å². The molecule has 1 saturated heterocycles. The summed E-state index contributed by atoms with van der Waals surface area (Å²) in [4.78, 5) is 39.7. The van der Waals surface area contributed by atoms with E-state index in [-0.39, 0.29) is 34.7 Å². The average molecular weight is 420 g/mol. The first-order valence-electron chi connectivity index (χ1n) is 11.4. The lowest BCUT2D eigenvalue weighted by molar-refractivity contribution is -0.136. The quantitative estimate of drug-likeness (QED) is 0.827. The van der Waals surface area contributed by atoms with Crippen molar-refractivity contribution < 1.29 is 9.59 Å². The number of nitrogens with zero attached hydrogens (tertiary/aromatic N) is 2. The third kappa shape index (κ3) is 3.68. The van der Waals surface area contributed by atoms with Gasteiger partial charge in [0.25, 0.3) is 11.5 Å². The van der Waals surface area contributed by atoms with Crippen molar-refractivity contribution in [2.75, 3.05) is 13.1 Å². The molecule has 2 aliphatic carbocycles. The fourth-order valence-electron chi connectivity index (χ4n) is 5.42. The molecule has 1 unspecified atom stereocenters. The van der Waals surface area contributed by atoms with Gasteiger partial charge >= 0.3 is 0 Å². The Morgan fingerprint density at radius 1 is 1.10 bits per heavy atom. The van der Waals surface area contributed by atoms with Crippen LogP contribution in [0.15, 0.2) is 47.4 Å². The van der Waals surface area contributed by atoms with E-state index in [0.29, 0.717) is 12.1 Å². The number of fused-ring (bicyclic) bond motifs is 1. The van der Waals surface area contributed by atoms with Gasteiger partial charge in [-0.15, -0.1) is 0 Å². The Balaban J connectivity index is 1.15. The first-order valence-corrected chi connectivity index (χ1v) is 11.4. The number of hydrogen-bond acceptors (Lipinski definition) is 3. The normalized spacial score (nSPS) is 21.7. The van der Waals surface area contributed by atoms with Crippen molar-refractivity contribution in [3.8, 4) is 0 Å². The van der Waals surface area contributed by atoms with E-state index in [2.05, 4.69) is 17.4 Å². The summed E-state index contributed by atoms with van der Waals surface area (Å²) in [5.41, 5.74) is 3.01. The number of nitrogens with one attached hydrogen (secondary N) is 1. The van der Waals surface area contributed by atoms with Crippen LogP contribution in [0.25, 0.3) is 0 Å². The predicted molar refractivity (Wildman–Crippen MR) is 118 cm³/mol. The number of rotatable bonds is 4. The van der Waals surface area contributed by atoms with Gasteiger partial charge in [0.15, 0.2) is 0 Å². The van der Waals surface area contributed by atoms with Crippen LogP contribution in [0.4, 0.5) is 0 Å². The molecule has 6 heteroatoms. The third-order valence-electron chi connectivity index (χ3n) is 7.57. The van der Waals surface area contributed by atoms with Gasteiger partial charge in [0.05, 0.1) is 0 Å². The van der Waals surface area contributed by atoms with Gasteiger partial charge in [-0.05, 0) is 61.6 Å². The molecule has 1 N–H and O–H groups in total. The number of amides is 2. The molecular formula is C25H29N3O3. The lowest BCUT2D eigenvalue weighted by atomic mass is 9.91. The second-order valence-corrected chi connectivity index (χ2v) is 9.33. The predicted octanol–water partition coefficient (Wildman–Crippen LogP) is 2.39. The van der Waals surface area contributed by atoms with Crippen LogP contribution in [0, 0.1) is 11.3 Å². The average Bonchev–Trinajstić information content (AvgIpc) is 3.24. The van der Waals surface area contributed by atoms with Crippen molar-refractivity contribution in [3.05, 3.63) is 69.6 Å². The van der Waals surface area contributed by atoms with E-state index in [4.69, 9.17) is 0 Å². The highest BCUT2D eigenvalue weighted by Crippen LogP contribution is 2.54. The standard InChI is InChI=1S/C25H29N3O3/c1-2-27-10-7-19(15-22(27)29)23(30)26-21-16-25(21)8-11-28(12-9-25)24(31)20-13-17-5-3-4-6-18(17)14-20/h3-7,10,15,20-21H,2,8-9,11-14,16H2,1H3,(H,26,30). The lowest BCUT2D eigenvalue weighted by Gasteiger charge is -2.34. The van der Waals surface area contributed by atoms with Crippen molar-refractivity contribution in [1.29, 1.82) is 0 Å². The smallest absolute Gasteiger partial charge is 0.251 e. The summed E-state index contributed by atoms with van der Waals surface area (Å²) in [7, 11) is 0. The highest BCUT2D eigenvalue weighted by molar-refractivity contribution is 5.94. The molecule has 5 rings (SSSR count). The highest BCUT2D eigenvalue weighted by atomic mass is 16.2. The van der Waals surface area contributed by atoms with Gasteiger partial charge in [-0.2, -0.15) is 0 Å². The van der Waals surface area contributed by atoms with Gasteiger partial charge in [-0.25, -0.2) is 0 Å². The van der Waals surface area contributed by atoms with Gasteiger partial charge in [-0.3, -0.25) is 14.4 Å². The Kier molecular flexibility index (Phi) is 4.95. The summed E-state index contributed by atoms with van der Waals surface area (Å²) in [6, 6.07) is 11.6. The van der Waals surface area contributed by atoms with Gasteiger partial charge in [0.1, 0.15) is 0 Å². The second-order valence-electron chi connectivity index (χ2n) is 9.33. The van der Waals surface area contributed by atoms with E-state index < -0.39 is 0 Å². The molecule has 2 heterocycles. The number of pyridine rings is 1. The van der Waals surface area contributed by atoms with E-state index in [1.807, 2.05) is 24.0 Å². The number of carbonyl (C=O) groups excluding carboxylic acids is 2. The largest absolute Gasteiger partial charge is 0.349 e. The first kappa shape index (κ1) is 20.0. The van der Waals surface area contributed by atoms with Crippen molar-refractivity contribution in [3.63, 3.8) is 0 Å². The minimum absolute atomic E-state index is 0.0754. The Labute approximate surface area is 182 Å². The highest BCUT2D eigenvalue weighted by Gasteiger charge is 2.56. The summed E-state index contributed by atoms with van der Waals surface area (Å²) in [6.07, 6.45) is 6.20. The zero-order chi connectivity index (χ0) is 21.6. The maximum Gasteiger partial charge on any atom is 0.251 e. The maximum atomic E-state index is 13.1. The summed E-state index contributed by atoms with van der Waals surface area (Å²) < 4.78 is 1.57. The summed E-state index contributed by atoms with van der Waals surface area (Å²) in [5, 5.41) is 3.12. The molecule has 2 amide bonds. The molecule has 0 bridgehead atoms. The number of aromatic nitrogens is 1. The van der Waals surface area contributed by atoms with Crippen LogP contribution < -0.4 is 10.9 Å². The Bertz CT molecular complexity index is 1060. The topological polar surface area (TPSA) is 71.4 Å². The van der Waals surface area contributed by atoms with Crippen LogP contribution in [0.5, 0.6) is 0 Å². The van der Waals surface area contributed by atoms with Gasteiger partial charge in [-0.1, -0.05) is 24.3 Å². The van der Waals surface area contributed by atoms with Crippen LogP contribution in [-0.2, 0) is 24.2 Å². The van der Waals surface area contributed by atoms with Crippen molar-refractivity contribution in [1.82, 2.24) is 14.8 Å². The summed E-state index contributed by atoms with van der Waals surface area (Å²) in [6.45, 7) is 4.03. The molecule has 1 aromatic heterocycles. The molecule has 1 atom stereocenters. The van der Waals surface area contributed by atoms with E-state index in [1.54, 1.807) is 16.8 Å². The molecule has 1 spiro atoms. The van der Waals surface area contributed by atoms with Gasteiger partial charge in [0, 0.05) is 49.4 Å². The number of benzene rings is 1. The number of hydrogen-bond donors (Lipinski definition) is 1. The molecule has 2 fully saturated rings. The second kappa shape index (κ2) is 7.66. The fraction of sp³-hybridized carbons (Fsp3) is 0.480. The van der Waals surface area contributed by atoms with E-state index in [0.717, 1.165) is 45.2 Å². The van der Waals surface area contributed by atoms with Crippen LogP contribution in [0.1, 0.15) is 47.7 Å². The van der Waals surface area contributed by atoms with E-state index in [9.17, 15) is 14.4 Å². The Hall–Kier alpha value is -2.89. The maximum absolute atomic E-state index is 13.1. The molecule has 1 saturated carbocycles. The zero-order valence-electron chi connectivity index (χ0n) is 18.0. The van der Waals surface area contributed by atoms with Crippen molar-refractivity contribution in [2.24, 2.45) is 11.3 Å². The van der Waals surface area contributed by atoms with Gasteiger partial charge < -0.3 is 14.8 Å². The van der Waals surface area contributed by atoms with Gasteiger partial charge in [0.2, 0.25) is 5.91 Å². The molecule has 6 nitrogen and oxygen atoms in total. The van der Waals surface area contributed by atoms with Crippen LogP contribution in [0.2, 0.25) is 0 Å². The minimum Gasteiger partial charge on any atom is -0.349 e. The number of carbonyl (C=O) groups is 2. The summed E-state index contributed by atoms with van der Waals surface area (Å²) >= 11 is 0. The first-order chi connectivity index (χ1) is 15.0. The third-order valence-corrected chi connectivity index (χ3v) is 7.57. The molecule has 31 heavy (non-hydrogen) atoms. The Morgan fingerprint density at radius 3 is 2.39 bits per heavy atom. The Morgan fingerprint density at radius 2 is 1.77 bits per heavy atom. The fourth-order valence-corrected chi connectivity index (χ4v) is 5.42. The van der Waals surface area contributed by atoms with Crippen LogP contribution in [0.3, 0.4) is 0 Å². The molecule has 3 aliphatic rings.